The quantitative estimate of drug-likeness (QED) is 0.218. The molecule has 2 aromatic heterocycles. The molecule has 1 fully saturated rings. The van der Waals surface area contributed by atoms with E-state index in [1.165, 1.54) is 24.8 Å². The number of ether oxygens (including phenoxy) is 1. The van der Waals surface area contributed by atoms with Gasteiger partial charge in [-0.2, -0.15) is 0 Å². The fraction of sp³-hybridized carbons (Fsp3) is 0.571. The Morgan fingerprint density at radius 3 is 2.68 bits per heavy atom. The van der Waals surface area contributed by atoms with Gasteiger partial charge in [0.1, 0.15) is 30.5 Å². The van der Waals surface area contributed by atoms with E-state index in [0.717, 1.165) is 5.56 Å². The van der Waals surface area contributed by atoms with Crippen LogP contribution in [0.25, 0.3) is 11.2 Å². The van der Waals surface area contributed by atoms with Gasteiger partial charge in [0.05, 0.1) is 6.33 Å². The fourth-order valence-corrected chi connectivity index (χ4v) is 4.77. The van der Waals surface area contributed by atoms with E-state index in [1.54, 1.807) is 16.7 Å². The molecule has 0 bridgehead atoms. The Labute approximate surface area is 239 Å². The van der Waals surface area contributed by atoms with Crippen LogP contribution in [-0.4, -0.2) is 90.2 Å². The van der Waals surface area contributed by atoms with Gasteiger partial charge in [0.15, 0.2) is 23.2 Å². The van der Waals surface area contributed by atoms with Crippen molar-refractivity contribution in [2.75, 3.05) is 25.0 Å². The number of aromatic nitrogens is 4. The highest BCUT2D eigenvalue weighted by molar-refractivity contribution is 5.82. The van der Waals surface area contributed by atoms with Crippen LogP contribution in [0.1, 0.15) is 52.8 Å². The number of carbonyl (C=O) groups is 1. The summed E-state index contributed by atoms with van der Waals surface area (Å²) in [7, 11) is 0. The van der Waals surface area contributed by atoms with Crippen molar-refractivity contribution in [2.24, 2.45) is 0 Å². The Morgan fingerprint density at radius 1 is 1.20 bits per heavy atom. The maximum atomic E-state index is 13.6. The van der Waals surface area contributed by atoms with Gasteiger partial charge in [-0.25, -0.2) is 24.1 Å². The summed E-state index contributed by atoms with van der Waals surface area (Å²) in [6.07, 6.45) is -0.291. The molecule has 13 heteroatoms. The number of hydrogen-bond donors (Lipinski definition) is 5. The predicted octanol–water partition coefficient (Wildman–Crippen LogP) is 2.39. The average Bonchev–Trinajstić information content (AvgIpc) is 3.44. The van der Waals surface area contributed by atoms with Crippen molar-refractivity contribution in [2.45, 2.75) is 83.7 Å². The first-order valence-corrected chi connectivity index (χ1v) is 13.9. The van der Waals surface area contributed by atoms with Crippen LogP contribution < -0.4 is 16.0 Å². The zero-order valence-corrected chi connectivity index (χ0v) is 24.2. The number of rotatable bonds is 11. The summed E-state index contributed by atoms with van der Waals surface area (Å²) in [5, 5.41) is 30.7. The first-order chi connectivity index (χ1) is 19.4. The second kappa shape index (κ2) is 13.1. The average molecular weight is 573 g/mol. The van der Waals surface area contributed by atoms with Crippen LogP contribution in [-0.2, 0) is 11.3 Å². The van der Waals surface area contributed by atoms with E-state index in [2.05, 4.69) is 35.8 Å². The minimum absolute atomic E-state index is 0.152. The summed E-state index contributed by atoms with van der Waals surface area (Å²) in [6.45, 7) is 11.8. The maximum absolute atomic E-state index is 13.6. The monoisotopic (exact) mass is 572 g/mol. The molecule has 1 aromatic carbocycles. The van der Waals surface area contributed by atoms with Gasteiger partial charge in [-0.3, -0.25) is 9.47 Å². The summed E-state index contributed by atoms with van der Waals surface area (Å²) in [5.74, 6) is 0.136. The van der Waals surface area contributed by atoms with E-state index >= 15 is 0 Å². The number of benzene rings is 1. The molecule has 0 radical (unpaired) electrons. The second-order valence-corrected chi connectivity index (χ2v) is 11.6. The minimum atomic E-state index is -1.20. The van der Waals surface area contributed by atoms with Crippen LogP contribution in [0.3, 0.4) is 0 Å². The van der Waals surface area contributed by atoms with Crippen LogP contribution in [0.2, 0.25) is 0 Å². The number of anilines is 1. The van der Waals surface area contributed by atoms with Crippen LogP contribution >= 0.6 is 0 Å². The summed E-state index contributed by atoms with van der Waals surface area (Å²) in [5.41, 5.74) is 1.33. The number of fused-ring (bicyclic) bond motifs is 1. The minimum Gasteiger partial charge on any atom is -0.387 e. The maximum Gasteiger partial charge on any atom is 0.315 e. The molecule has 224 valence electrons. The highest BCUT2D eigenvalue weighted by atomic mass is 19.1. The number of hydrogen-bond acceptors (Lipinski definition) is 9. The smallest absolute Gasteiger partial charge is 0.315 e. The van der Waals surface area contributed by atoms with Crippen molar-refractivity contribution in [3.05, 3.63) is 48.3 Å². The van der Waals surface area contributed by atoms with E-state index in [0.29, 0.717) is 49.6 Å². The normalized spacial score (nSPS) is 21.1. The Hall–Kier alpha value is -3.39. The van der Waals surface area contributed by atoms with E-state index in [4.69, 9.17) is 4.74 Å². The van der Waals surface area contributed by atoms with Crippen molar-refractivity contribution in [1.82, 2.24) is 35.1 Å². The number of halogens is 1. The second-order valence-electron chi connectivity index (χ2n) is 11.6. The predicted molar refractivity (Wildman–Crippen MR) is 153 cm³/mol. The molecule has 12 nitrogen and oxygen atoms in total. The van der Waals surface area contributed by atoms with Gasteiger partial charge >= 0.3 is 6.03 Å². The Kier molecular flexibility index (Phi) is 9.74. The molecule has 2 amide bonds. The summed E-state index contributed by atoms with van der Waals surface area (Å²) in [6, 6.07) is 6.21. The van der Waals surface area contributed by atoms with E-state index in [1.807, 2.05) is 34.6 Å². The molecule has 1 saturated heterocycles. The summed E-state index contributed by atoms with van der Waals surface area (Å²) >= 11 is 0. The number of amides is 2. The van der Waals surface area contributed by atoms with E-state index in [9.17, 15) is 19.4 Å². The van der Waals surface area contributed by atoms with Gasteiger partial charge in [-0.15, -0.1) is 0 Å². The van der Waals surface area contributed by atoms with Gasteiger partial charge in [0, 0.05) is 37.8 Å². The van der Waals surface area contributed by atoms with Gasteiger partial charge in [0.2, 0.25) is 0 Å². The van der Waals surface area contributed by atoms with Gasteiger partial charge in [-0.05, 0) is 58.7 Å². The molecule has 1 aliphatic heterocycles. The summed E-state index contributed by atoms with van der Waals surface area (Å²) < 4.78 is 21.3. The first-order valence-electron chi connectivity index (χ1n) is 13.9. The molecule has 1 aliphatic rings. The van der Waals surface area contributed by atoms with Crippen LogP contribution in [0, 0.1) is 5.82 Å². The molecule has 4 rings (SSSR count). The third-order valence-electron chi connectivity index (χ3n) is 6.86. The number of urea groups is 1. The zero-order valence-electron chi connectivity index (χ0n) is 24.2. The van der Waals surface area contributed by atoms with Gasteiger partial charge < -0.3 is 30.9 Å². The van der Waals surface area contributed by atoms with Crippen molar-refractivity contribution in [3.63, 3.8) is 0 Å². The molecule has 0 saturated carbocycles. The molecule has 3 aromatic rings. The van der Waals surface area contributed by atoms with Gasteiger partial charge in [0.25, 0.3) is 0 Å². The highest BCUT2D eigenvalue weighted by Gasteiger charge is 2.45. The Bertz CT molecular complexity index is 1310. The zero-order chi connectivity index (χ0) is 29.7. The molecule has 41 heavy (non-hydrogen) atoms. The van der Waals surface area contributed by atoms with Gasteiger partial charge in [-0.1, -0.05) is 12.1 Å². The van der Waals surface area contributed by atoms with E-state index in [-0.39, 0.29) is 23.4 Å². The molecule has 0 spiro atoms. The topological polar surface area (TPSA) is 150 Å². The fourth-order valence-electron chi connectivity index (χ4n) is 4.77. The number of aliphatic hydroxyl groups is 2. The molecular formula is C28H41FN8O4. The SMILES string of the molecule is CC(C)N(CCCNC(=O)NC(C)(C)C)C[C@H]1O[C@@H](n2cnc3c(NCc4cccc(F)c4)ncnc32)[C@H](O)[C@@H]1O. The lowest BCUT2D eigenvalue weighted by molar-refractivity contribution is -0.0468. The molecule has 5 N–H and O–H groups in total. The number of aliphatic hydroxyl groups excluding tert-OH is 2. The van der Waals surface area contributed by atoms with Crippen molar-refractivity contribution in [1.29, 1.82) is 0 Å². The number of nitrogens with one attached hydrogen (secondary N) is 3. The largest absolute Gasteiger partial charge is 0.387 e. The molecule has 3 heterocycles. The lowest BCUT2D eigenvalue weighted by Crippen LogP contribution is -2.47. The first kappa shape index (κ1) is 30.6. The van der Waals surface area contributed by atoms with Crippen LogP contribution in [0.4, 0.5) is 15.0 Å². The van der Waals surface area contributed by atoms with Crippen LogP contribution in [0.5, 0.6) is 0 Å². The number of nitrogens with zero attached hydrogens (tertiary/aromatic N) is 5. The van der Waals surface area contributed by atoms with Crippen molar-refractivity contribution in [3.8, 4) is 0 Å². The molecule has 0 unspecified atom stereocenters. The Balaban J connectivity index is 1.38. The third kappa shape index (κ3) is 7.88. The number of carbonyl (C=O) groups excluding carboxylic acids is 1. The van der Waals surface area contributed by atoms with Crippen molar-refractivity contribution >= 4 is 23.0 Å². The standard InChI is InChI=1S/C28H41FN8O4/c1-17(2)36(11-7-10-30-27(40)35-28(3,4)5)14-20-22(38)23(39)26(41-20)37-16-34-21-24(32-15-33-25(21)37)31-13-18-8-6-9-19(29)12-18/h6,8-9,12,15-17,20,22-23,26,38-39H,7,10-11,13-14H2,1-5H3,(H2,30,35,40)(H,31,32,33)/t20-,22-,23-,26-/m1/s1. The van der Waals surface area contributed by atoms with Crippen LogP contribution in [0.15, 0.2) is 36.9 Å². The Morgan fingerprint density at radius 2 is 1.98 bits per heavy atom. The molecule has 0 aliphatic carbocycles. The number of imidazole rings is 1. The summed E-state index contributed by atoms with van der Waals surface area (Å²) in [4.78, 5) is 27.2. The van der Waals surface area contributed by atoms with Crippen molar-refractivity contribution < 1.29 is 24.1 Å². The molecular weight excluding hydrogens is 531 g/mol. The highest BCUT2D eigenvalue weighted by Crippen LogP contribution is 2.33. The third-order valence-corrected chi connectivity index (χ3v) is 6.86. The molecule has 4 atom stereocenters. The van der Waals surface area contributed by atoms with E-state index < -0.39 is 24.5 Å². The lowest BCUT2D eigenvalue weighted by Gasteiger charge is -2.30. The lowest BCUT2D eigenvalue weighted by atomic mass is 10.1.